The molecule has 0 atom stereocenters. The van der Waals surface area contributed by atoms with Gasteiger partial charge in [-0.1, -0.05) is 11.6 Å². The molecule has 0 saturated carbocycles. The number of nitrogens with two attached hydrogens (primary N) is 1. The molecule has 0 bridgehead atoms. The molecule has 21 heavy (non-hydrogen) atoms. The summed E-state index contributed by atoms with van der Waals surface area (Å²) in [6.45, 7) is 1.68. The van der Waals surface area contributed by atoms with Crippen LogP contribution in [0.15, 0.2) is 29.3 Å². The van der Waals surface area contributed by atoms with Gasteiger partial charge in [0, 0.05) is 6.20 Å². The lowest BCUT2D eigenvalue weighted by atomic mass is 10.3. The number of halogens is 3. The third-order valence-corrected chi connectivity index (χ3v) is 4.28. The largest absolute Gasteiger partial charge is 0.394 e. The first-order valence-corrected chi connectivity index (χ1v) is 7.47. The molecule has 1 heterocycles. The number of nitrogen functional groups attached to an aromatic ring is 1. The zero-order chi connectivity index (χ0) is 15.8. The minimum absolute atomic E-state index is 0.0148. The molecule has 0 aliphatic heterocycles. The van der Waals surface area contributed by atoms with Crippen molar-refractivity contribution in [2.24, 2.45) is 0 Å². The fourth-order valence-electron chi connectivity index (χ4n) is 1.58. The average molecular weight is 334 g/mol. The third-order valence-electron chi connectivity index (χ3n) is 2.60. The van der Waals surface area contributed by atoms with Crippen molar-refractivity contribution in [2.75, 3.05) is 10.5 Å². The lowest BCUT2D eigenvalue weighted by Gasteiger charge is -2.11. The lowest BCUT2D eigenvalue weighted by Crippen LogP contribution is -2.16. The Bertz CT molecular complexity index is 812. The van der Waals surface area contributed by atoms with Gasteiger partial charge in [0.2, 0.25) is 0 Å². The van der Waals surface area contributed by atoms with Crippen molar-refractivity contribution in [3.63, 3.8) is 0 Å². The fourth-order valence-corrected chi connectivity index (χ4v) is 2.94. The molecule has 0 saturated heterocycles. The van der Waals surface area contributed by atoms with Crippen molar-refractivity contribution in [3.8, 4) is 0 Å². The Morgan fingerprint density at radius 3 is 2.67 bits per heavy atom. The van der Waals surface area contributed by atoms with Crippen LogP contribution in [0.1, 0.15) is 5.56 Å². The molecule has 0 aliphatic rings. The van der Waals surface area contributed by atoms with E-state index in [-0.39, 0.29) is 10.8 Å². The highest BCUT2D eigenvalue weighted by Crippen LogP contribution is 2.27. The van der Waals surface area contributed by atoms with Crippen LogP contribution < -0.4 is 10.5 Å². The molecule has 0 fully saturated rings. The van der Waals surface area contributed by atoms with Crippen molar-refractivity contribution >= 4 is 33.0 Å². The molecule has 9 heteroatoms. The van der Waals surface area contributed by atoms with Crippen molar-refractivity contribution in [1.29, 1.82) is 0 Å². The molecule has 0 radical (unpaired) electrons. The molecule has 1 aromatic heterocycles. The Morgan fingerprint density at radius 2 is 2.00 bits per heavy atom. The van der Waals surface area contributed by atoms with Crippen molar-refractivity contribution in [2.45, 2.75) is 11.8 Å². The van der Waals surface area contributed by atoms with Gasteiger partial charge in [-0.15, -0.1) is 0 Å². The van der Waals surface area contributed by atoms with Gasteiger partial charge in [-0.25, -0.2) is 22.2 Å². The van der Waals surface area contributed by atoms with Gasteiger partial charge in [-0.2, -0.15) is 0 Å². The Morgan fingerprint density at radius 1 is 1.33 bits per heavy atom. The lowest BCUT2D eigenvalue weighted by molar-refractivity contribution is 0.557. The number of benzene rings is 1. The van der Waals surface area contributed by atoms with Gasteiger partial charge in [-0.05, 0) is 30.7 Å². The summed E-state index contributed by atoms with van der Waals surface area (Å²) >= 11 is 5.77. The summed E-state index contributed by atoms with van der Waals surface area (Å²) in [5.74, 6) is -2.40. The maximum Gasteiger partial charge on any atom is 0.265 e. The first kappa shape index (κ1) is 15.5. The second-order valence-electron chi connectivity index (χ2n) is 4.23. The van der Waals surface area contributed by atoms with Crippen LogP contribution in [-0.4, -0.2) is 13.4 Å². The maximum atomic E-state index is 13.8. The minimum Gasteiger partial charge on any atom is -0.394 e. The molecule has 112 valence electrons. The van der Waals surface area contributed by atoms with Crippen LogP contribution in [0, 0.1) is 18.6 Å². The second-order valence-corrected chi connectivity index (χ2v) is 6.24. The van der Waals surface area contributed by atoms with Crippen LogP contribution in [0.5, 0.6) is 0 Å². The number of sulfonamides is 1. The molecule has 0 aliphatic carbocycles. The number of nitrogens with one attached hydrogen (secondary N) is 1. The summed E-state index contributed by atoms with van der Waals surface area (Å²) in [5, 5.41) is -0.0975. The van der Waals surface area contributed by atoms with Gasteiger partial charge in [-0.3, -0.25) is 4.72 Å². The van der Waals surface area contributed by atoms with E-state index in [1.807, 2.05) is 0 Å². The van der Waals surface area contributed by atoms with Crippen LogP contribution in [-0.2, 0) is 10.0 Å². The first-order valence-electron chi connectivity index (χ1n) is 5.61. The van der Waals surface area contributed by atoms with Gasteiger partial charge in [0.1, 0.15) is 16.4 Å². The monoisotopic (exact) mass is 333 g/mol. The molecule has 0 spiro atoms. The molecule has 0 unspecified atom stereocenters. The van der Waals surface area contributed by atoms with E-state index < -0.39 is 32.2 Å². The Labute approximate surface area is 124 Å². The van der Waals surface area contributed by atoms with Crippen LogP contribution in [0.4, 0.5) is 20.2 Å². The molecule has 0 amide bonds. The number of hydrogen-bond donors (Lipinski definition) is 2. The zero-order valence-corrected chi connectivity index (χ0v) is 12.3. The zero-order valence-electron chi connectivity index (χ0n) is 10.7. The van der Waals surface area contributed by atoms with E-state index in [0.29, 0.717) is 5.56 Å². The Balaban J connectivity index is 2.49. The summed E-state index contributed by atoms with van der Waals surface area (Å²) in [7, 11) is -4.32. The molecule has 5 nitrogen and oxygen atoms in total. The van der Waals surface area contributed by atoms with E-state index in [0.717, 1.165) is 12.1 Å². The molecule has 3 N–H and O–H groups in total. The molecular formula is C12H10ClF2N3O2S. The number of hydrogen-bond acceptors (Lipinski definition) is 4. The molecular weight excluding hydrogens is 324 g/mol. The van der Waals surface area contributed by atoms with Crippen molar-refractivity contribution < 1.29 is 17.2 Å². The standard InChI is InChI=1S/C12H10ClF2N3O2S/c1-6-4-8(12(13)17-5-6)18-21(19,20)9-3-2-7(14)11(16)10(9)15/h2-5,18H,16H2,1H3. The highest BCUT2D eigenvalue weighted by atomic mass is 35.5. The summed E-state index contributed by atoms with van der Waals surface area (Å²) in [6.07, 6.45) is 1.44. The normalized spacial score (nSPS) is 11.4. The number of aryl methyl sites for hydroxylation is 1. The predicted molar refractivity (Wildman–Crippen MR) is 75.6 cm³/mol. The highest BCUT2D eigenvalue weighted by molar-refractivity contribution is 7.92. The van der Waals surface area contributed by atoms with E-state index in [1.54, 1.807) is 6.92 Å². The average Bonchev–Trinajstić information content (AvgIpc) is 2.39. The third kappa shape index (κ3) is 3.06. The van der Waals surface area contributed by atoms with Crippen molar-refractivity contribution in [1.82, 2.24) is 4.98 Å². The van der Waals surface area contributed by atoms with Crippen LogP contribution in [0.25, 0.3) is 0 Å². The topological polar surface area (TPSA) is 85.1 Å². The van der Waals surface area contributed by atoms with E-state index in [9.17, 15) is 17.2 Å². The smallest absolute Gasteiger partial charge is 0.265 e. The quantitative estimate of drug-likeness (QED) is 0.668. The summed E-state index contributed by atoms with van der Waals surface area (Å²) < 4.78 is 53.2. The molecule has 1 aromatic carbocycles. The van der Waals surface area contributed by atoms with Crippen LogP contribution in [0.2, 0.25) is 5.15 Å². The van der Waals surface area contributed by atoms with Gasteiger partial charge in [0.25, 0.3) is 10.0 Å². The highest BCUT2D eigenvalue weighted by Gasteiger charge is 2.23. The minimum atomic E-state index is -4.32. The summed E-state index contributed by atoms with van der Waals surface area (Å²) in [6, 6.07) is 2.97. The number of aromatic nitrogens is 1. The fraction of sp³-hybridized carbons (Fsp3) is 0.0833. The predicted octanol–water partition coefficient (Wildman–Crippen LogP) is 2.70. The van der Waals surface area contributed by atoms with E-state index >= 15 is 0 Å². The molecule has 2 rings (SSSR count). The van der Waals surface area contributed by atoms with Crippen LogP contribution in [0.3, 0.4) is 0 Å². The summed E-state index contributed by atoms with van der Waals surface area (Å²) in [4.78, 5) is 2.99. The summed E-state index contributed by atoms with van der Waals surface area (Å²) in [5.41, 5.74) is 4.91. The maximum absolute atomic E-state index is 13.8. The SMILES string of the molecule is Cc1cnc(Cl)c(NS(=O)(=O)c2ccc(F)c(N)c2F)c1. The van der Waals surface area contributed by atoms with Crippen molar-refractivity contribution in [3.05, 3.63) is 46.7 Å². The van der Waals surface area contributed by atoms with E-state index in [4.69, 9.17) is 17.3 Å². The van der Waals surface area contributed by atoms with Gasteiger partial charge in [0.15, 0.2) is 11.0 Å². The van der Waals surface area contributed by atoms with Crippen LogP contribution >= 0.6 is 11.6 Å². The van der Waals surface area contributed by atoms with E-state index in [2.05, 4.69) is 9.71 Å². The molecule has 2 aromatic rings. The van der Waals surface area contributed by atoms with Gasteiger partial charge >= 0.3 is 0 Å². The number of pyridine rings is 1. The first-order chi connectivity index (χ1) is 9.72. The Hall–Kier alpha value is -1.93. The van der Waals surface area contributed by atoms with Gasteiger partial charge < -0.3 is 5.73 Å². The number of rotatable bonds is 3. The number of anilines is 2. The Kier molecular flexibility index (Phi) is 4.02. The van der Waals surface area contributed by atoms with Gasteiger partial charge in [0.05, 0.1) is 5.69 Å². The number of nitrogens with zero attached hydrogens (tertiary/aromatic N) is 1. The second kappa shape index (κ2) is 5.45. The van der Waals surface area contributed by atoms with E-state index in [1.165, 1.54) is 12.3 Å².